The highest BCUT2D eigenvalue weighted by molar-refractivity contribution is 5.82. The van der Waals surface area contributed by atoms with E-state index in [0.717, 1.165) is 32.7 Å². The minimum Gasteiger partial charge on any atom is -0.361 e. The van der Waals surface area contributed by atoms with Crippen LogP contribution in [-0.2, 0) is 6.54 Å². The normalized spacial score (nSPS) is 15.9. The number of hydrogen-bond acceptors (Lipinski definition) is 1. The van der Waals surface area contributed by atoms with E-state index in [9.17, 15) is 0 Å². The fourth-order valence-electron chi connectivity index (χ4n) is 4.75. The zero-order valence-electron chi connectivity index (χ0n) is 16.7. The number of benzene rings is 3. The second kappa shape index (κ2) is 8.24. The number of aromatic amines is 1. The number of nitrogens with zero attached hydrogens (tertiary/aromatic N) is 1. The second-order valence-corrected chi connectivity index (χ2v) is 8.05. The van der Waals surface area contributed by atoms with Gasteiger partial charge in [-0.05, 0) is 11.6 Å². The number of piperazine rings is 1. The molecule has 0 bridgehead atoms. The monoisotopic (exact) mass is 382 g/mol. The number of rotatable bonds is 5. The molecule has 0 radical (unpaired) electrons. The SMILES string of the molecule is c1ccc(C(c2ccccc2)[NH+]2CCN(Cc3c[nH]c4ccccc34)CC2)cc1. The molecule has 3 heteroatoms. The van der Waals surface area contributed by atoms with Crippen molar-refractivity contribution < 1.29 is 4.90 Å². The molecule has 1 aromatic heterocycles. The third kappa shape index (κ3) is 3.84. The van der Waals surface area contributed by atoms with Crippen molar-refractivity contribution in [2.45, 2.75) is 12.6 Å². The first kappa shape index (κ1) is 18.2. The van der Waals surface area contributed by atoms with E-state index in [0.29, 0.717) is 6.04 Å². The number of nitrogens with one attached hydrogen (secondary N) is 2. The highest BCUT2D eigenvalue weighted by Crippen LogP contribution is 2.21. The third-order valence-electron chi connectivity index (χ3n) is 6.24. The molecule has 1 aliphatic heterocycles. The highest BCUT2D eigenvalue weighted by atomic mass is 15.3. The maximum Gasteiger partial charge on any atom is 0.139 e. The van der Waals surface area contributed by atoms with Gasteiger partial charge in [0.05, 0.1) is 13.1 Å². The van der Waals surface area contributed by atoms with E-state index in [4.69, 9.17) is 0 Å². The van der Waals surface area contributed by atoms with E-state index in [1.165, 1.54) is 27.6 Å². The van der Waals surface area contributed by atoms with Crippen molar-refractivity contribution in [3.05, 3.63) is 108 Å². The van der Waals surface area contributed by atoms with Gasteiger partial charge in [0.25, 0.3) is 0 Å². The van der Waals surface area contributed by atoms with E-state index in [-0.39, 0.29) is 0 Å². The van der Waals surface area contributed by atoms with Gasteiger partial charge >= 0.3 is 0 Å². The van der Waals surface area contributed by atoms with Crippen molar-refractivity contribution in [3.8, 4) is 0 Å². The first-order valence-corrected chi connectivity index (χ1v) is 10.6. The number of H-pyrrole nitrogens is 1. The quantitative estimate of drug-likeness (QED) is 0.541. The van der Waals surface area contributed by atoms with Gasteiger partial charge in [-0.2, -0.15) is 0 Å². The molecule has 4 aromatic rings. The Kier molecular flexibility index (Phi) is 5.16. The van der Waals surface area contributed by atoms with E-state index < -0.39 is 0 Å². The van der Waals surface area contributed by atoms with Gasteiger partial charge in [-0.15, -0.1) is 0 Å². The molecule has 0 aliphatic carbocycles. The van der Waals surface area contributed by atoms with Crippen molar-refractivity contribution in [1.82, 2.24) is 9.88 Å². The van der Waals surface area contributed by atoms with Crippen molar-refractivity contribution >= 4 is 10.9 Å². The van der Waals surface area contributed by atoms with Crippen LogP contribution < -0.4 is 4.90 Å². The van der Waals surface area contributed by atoms with Crippen LogP contribution in [0.25, 0.3) is 10.9 Å². The summed E-state index contributed by atoms with van der Waals surface area (Å²) in [4.78, 5) is 7.68. The summed E-state index contributed by atoms with van der Waals surface area (Å²) in [6, 6.07) is 31.0. The van der Waals surface area contributed by atoms with E-state index >= 15 is 0 Å². The Bertz CT molecular complexity index is 1010. The Morgan fingerprint density at radius 3 is 2.00 bits per heavy atom. The second-order valence-electron chi connectivity index (χ2n) is 8.05. The van der Waals surface area contributed by atoms with Crippen LogP contribution in [0.3, 0.4) is 0 Å². The minimum absolute atomic E-state index is 0.410. The maximum absolute atomic E-state index is 3.42. The summed E-state index contributed by atoms with van der Waals surface area (Å²) in [7, 11) is 0. The largest absolute Gasteiger partial charge is 0.361 e. The first-order valence-electron chi connectivity index (χ1n) is 10.6. The lowest BCUT2D eigenvalue weighted by Crippen LogP contribution is -3.15. The summed E-state index contributed by atoms with van der Waals surface area (Å²) in [5, 5.41) is 1.36. The molecular formula is C26H28N3+. The fourth-order valence-corrected chi connectivity index (χ4v) is 4.75. The Morgan fingerprint density at radius 2 is 1.34 bits per heavy atom. The number of para-hydroxylation sites is 1. The number of quaternary nitrogens is 1. The van der Waals surface area contributed by atoms with E-state index in [2.05, 4.69) is 101 Å². The van der Waals surface area contributed by atoms with Crippen LogP contribution in [0.5, 0.6) is 0 Å². The summed E-state index contributed by atoms with van der Waals surface area (Å²) >= 11 is 0. The van der Waals surface area contributed by atoms with E-state index in [1.807, 2.05) is 0 Å². The summed E-state index contributed by atoms with van der Waals surface area (Å²) in [5.74, 6) is 0. The van der Waals surface area contributed by atoms with Crippen molar-refractivity contribution in [1.29, 1.82) is 0 Å². The molecule has 0 spiro atoms. The molecule has 29 heavy (non-hydrogen) atoms. The Hall–Kier alpha value is -2.88. The van der Waals surface area contributed by atoms with Crippen LogP contribution in [0.15, 0.2) is 91.1 Å². The third-order valence-corrected chi connectivity index (χ3v) is 6.24. The van der Waals surface area contributed by atoms with Gasteiger partial charge in [0.15, 0.2) is 0 Å². The molecule has 0 atom stereocenters. The lowest BCUT2D eigenvalue weighted by atomic mass is 9.96. The van der Waals surface area contributed by atoms with Gasteiger partial charge < -0.3 is 9.88 Å². The molecule has 1 saturated heterocycles. The maximum atomic E-state index is 3.42. The van der Waals surface area contributed by atoms with E-state index in [1.54, 1.807) is 4.90 Å². The molecule has 2 N–H and O–H groups in total. The first-order chi connectivity index (χ1) is 14.4. The Morgan fingerprint density at radius 1 is 0.759 bits per heavy atom. The van der Waals surface area contributed by atoms with Crippen LogP contribution in [0.2, 0.25) is 0 Å². The predicted octanol–water partition coefficient (Wildman–Crippen LogP) is 3.66. The summed E-state index contributed by atoms with van der Waals surface area (Å²) in [6.07, 6.45) is 2.18. The summed E-state index contributed by atoms with van der Waals surface area (Å²) in [5.41, 5.74) is 5.48. The molecule has 5 rings (SSSR count). The van der Waals surface area contributed by atoms with Crippen LogP contribution in [0.4, 0.5) is 0 Å². The van der Waals surface area contributed by atoms with Crippen molar-refractivity contribution in [3.63, 3.8) is 0 Å². The van der Waals surface area contributed by atoms with Crippen molar-refractivity contribution in [2.24, 2.45) is 0 Å². The molecule has 3 nitrogen and oxygen atoms in total. The summed E-state index contributed by atoms with van der Waals surface area (Å²) < 4.78 is 0. The topological polar surface area (TPSA) is 23.5 Å². The molecule has 0 unspecified atom stereocenters. The number of fused-ring (bicyclic) bond motifs is 1. The average Bonchev–Trinajstić information content (AvgIpc) is 3.20. The molecule has 0 amide bonds. The molecule has 146 valence electrons. The number of aromatic nitrogens is 1. The fraction of sp³-hybridized carbons (Fsp3) is 0.231. The lowest BCUT2D eigenvalue weighted by Gasteiger charge is -2.37. The van der Waals surface area contributed by atoms with Gasteiger partial charge in [-0.3, -0.25) is 4.90 Å². The Labute approximate surface area is 172 Å². The van der Waals surface area contributed by atoms with Gasteiger partial charge in [0.1, 0.15) is 6.04 Å². The lowest BCUT2D eigenvalue weighted by molar-refractivity contribution is -0.930. The highest BCUT2D eigenvalue weighted by Gasteiger charge is 2.30. The average molecular weight is 383 g/mol. The molecular weight excluding hydrogens is 354 g/mol. The molecule has 3 aromatic carbocycles. The standard InChI is InChI=1S/C26H27N3/c1-3-9-21(10-4-1)26(22-11-5-2-6-12-22)29-17-15-28(16-18-29)20-23-19-27-25-14-8-7-13-24(23)25/h1-14,19,26-27H,15-18,20H2/p+1. The predicted molar refractivity (Wildman–Crippen MR) is 119 cm³/mol. The van der Waals surface area contributed by atoms with Crippen molar-refractivity contribution in [2.75, 3.05) is 26.2 Å². The van der Waals surface area contributed by atoms with Crippen LogP contribution in [-0.4, -0.2) is 36.1 Å². The van der Waals surface area contributed by atoms with Crippen LogP contribution in [0.1, 0.15) is 22.7 Å². The molecule has 1 fully saturated rings. The molecule has 2 heterocycles. The minimum atomic E-state index is 0.410. The van der Waals surface area contributed by atoms with Crippen LogP contribution >= 0.6 is 0 Å². The summed E-state index contributed by atoms with van der Waals surface area (Å²) in [6.45, 7) is 5.61. The molecule has 1 aliphatic rings. The van der Waals surface area contributed by atoms with Gasteiger partial charge in [0, 0.05) is 47.9 Å². The molecule has 0 saturated carbocycles. The van der Waals surface area contributed by atoms with Gasteiger partial charge in [0.2, 0.25) is 0 Å². The van der Waals surface area contributed by atoms with Crippen LogP contribution in [0, 0.1) is 0 Å². The zero-order chi connectivity index (χ0) is 19.5. The van der Waals surface area contributed by atoms with Gasteiger partial charge in [-0.1, -0.05) is 78.9 Å². The van der Waals surface area contributed by atoms with Gasteiger partial charge in [-0.25, -0.2) is 0 Å². The smallest absolute Gasteiger partial charge is 0.139 e. The Balaban J connectivity index is 1.31. The zero-order valence-corrected chi connectivity index (χ0v) is 16.7. The number of hydrogen-bond donors (Lipinski definition) is 2.